The smallest absolute Gasteiger partial charge is 0.308 e. The van der Waals surface area contributed by atoms with Crippen molar-refractivity contribution in [1.29, 1.82) is 0 Å². The summed E-state index contributed by atoms with van der Waals surface area (Å²) in [5, 5.41) is 13.4. The maximum absolute atomic E-state index is 14.2. The second kappa shape index (κ2) is 6.53. The number of carbonyl (C=O) groups is 1. The first-order chi connectivity index (χ1) is 12.5. The van der Waals surface area contributed by atoms with Crippen molar-refractivity contribution in [2.24, 2.45) is 5.92 Å². The van der Waals surface area contributed by atoms with Gasteiger partial charge in [-0.2, -0.15) is 0 Å². The van der Waals surface area contributed by atoms with Crippen molar-refractivity contribution in [2.75, 3.05) is 5.32 Å². The molecule has 0 bridgehead atoms. The first-order valence-corrected chi connectivity index (χ1v) is 8.55. The van der Waals surface area contributed by atoms with E-state index in [0.29, 0.717) is 34.9 Å². The lowest BCUT2D eigenvalue weighted by Crippen LogP contribution is -2.30. The van der Waals surface area contributed by atoms with Crippen LogP contribution in [0.25, 0.3) is 22.4 Å². The van der Waals surface area contributed by atoms with E-state index in [1.165, 1.54) is 6.20 Å². The van der Waals surface area contributed by atoms with E-state index in [4.69, 9.17) is 11.6 Å². The number of fused-ring (bicyclic) bond motifs is 1. The van der Waals surface area contributed by atoms with Crippen LogP contribution in [0.1, 0.15) is 19.3 Å². The summed E-state index contributed by atoms with van der Waals surface area (Å²) in [5.41, 5.74) is 1.26. The fraction of sp³-hybridized carbons (Fsp3) is 0.294. The Labute approximate surface area is 152 Å². The lowest BCUT2D eigenvalue weighted by molar-refractivity contribution is -0.141. The van der Waals surface area contributed by atoms with Crippen LogP contribution < -0.4 is 5.32 Å². The molecule has 0 spiro atoms. The normalized spacial score (nSPS) is 19.8. The number of H-pyrrole nitrogens is 1. The zero-order valence-corrected chi connectivity index (χ0v) is 14.3. The van der Waals surface area contributed by atoms with Crippen LogP contribution in [0, 0.1) is 11.7 Å². The first kappa shape index (κ1) is 16.7. The minimum Gasteiger partial charge on any atom is -0.481 e. The molecule has 1 aliphatic carbocycles. The van der Waals surface area contributed by atoms with Crippen molar-refractivity contribution in [2.45, 2.75) is 25.3 Å². The zero-order chi connectivity index (χ0) is 18.3. The molecule has 1 saturated carbocycles. The Balaban J connectivity index is 1.70. The second-order valence-electron chi connectivity index (χ2n) is 6.27. The molecular formula is C17H15ClFN5O2. The molecule has 0 aromatic carbocycles. The van der Waals surface area contributed by atoms with E-state index in [-0.39, 0.29) is 11.9 Å². The molecule has 1 aliphatic rings. The average molecular weight is 376 g/mol. The number of aromatic amines is 1. The minimum absolute atomic E-state index is 0.00233. The van der Waals surface area contributed by atoms with Crippen LogP contribution in [0.5, 0.6) is 0 Å². The van der Waals surface area contributed by atoms with Crippen molar-refractivity contribution in [3.8, 4) is 11.4 Å². The van der Waals surface area contributed by atoms with E-state index in [1.54, 1.807) is 12.3 Å². The van der Waals surface area contributed by atoms with Crippen LogP contribution in [0.3, 0.4) is 0 Å². The van der Waals surface area contributed by atoms with Crippen LogP contribution in [-0.2, 0) is 4.79 Å². The second-order valence-corrected chi connectivity index (χ2v) is 6.71. The fourth-order valence-electron chi connectivity index (χ4n) is 3.36. The summed E-state index contributed by atoms with van der Waals surface area (Å²) >= 11 is 6.01. The highest BCUT2D eigenvalue weighted by atomic mass is 35.5. The van der Waals surface area contributed by atoms with E-state index in [2.05, 4.69) is 25.3 Å². The van der Waals surface area contributed by atoms with Gasteiger partial charge < -0.3 is 15.4 Å². The van der Waals surface area contributed by atoms with Crippen molar-refractivity contribution in [3.05, 3.63) is 35.5 Å². The Kier molecular flexibility index (Phi) is 4.20. The molecule has 7 nitrogen and oxygen atoms in total. The molecule has 0 aliphatic heterocycles. The SMILES string of the molecule is O=C(O)[C@@H]1CCC[C@@H]1Nc1nc(-c2c[nH]c3ncc(Cl)cc23)ncc1F. The molecule has 3 N–H and O–H groups in total. The highest BCUT2D eigenvalue weighted by molar-refractivity contribution is 6.31. The summed E-state index contributed by atoms with van der Waals surface area (Å²) in [5.74, 6) is -1.76. The third kappa shape index (κ3) is 2.96. The number of hydrogen-bond acceptors (Lipinski definition) is 5. The van der Waals surface area contributed by atoms with Gasteiger partial charge >= 0.3 is 5.97 Å². The number of aromatic nitrogens is 4. The summed E-state index contributed by atoms with van der Waals surface area (Å²) in [7, 11) is 0. The molecule has 134 valence electrons. The number of anilines is 1. The van der Waals surface area contributed by atoms with E-state index in [1.807, 2.05) is 0 Å². The lowest BCUT2D eigenvalue weighted by atomic mass is 10.0. The molecule has 0 amide bonds. The molecule has 3 aromatic rings. The van der Waals surface area contributed by atoms with Crippen molar-refractivity contribution in [3.63, 3.8) is 0 Å². The van der Waals surface area contributed by atoms with Gasteiger partial charge in [0, 0.05) is 29.4 Å². The highest BCUT2D eigenvalue weighted by Gasteiger charge is 2.33. The first-order valence-electron chi connectivity index (χ1n) is 8.18. The molecular weight excluding hydrogens is 361 g/mol. The molecule has 0 unspecified atom stereocenters. The maximum atomic E-state index is 14.2. The summed E-state index contributed by atoms with van der Waals surface area (Å²) < 4.78 is 14.2. The van der Waals surface area contributed by atoms with Gasteiger partial charge in [0.15, 0.2) is 17.5 Å². The molecule has 4 rings (SSSR count). The van der Waals surface area contributed by atoms with Gasteiger partial charge in [-0.1, -0.05) is 18.0 Å². The van der Waals surface area contributed by atoms with Gasteiger partial charge in [-0.3, -0.25) is 4.79 Å². The maximum Gasteiger partial charge on any atom is 0.308 e. The number of rotatable bonds is 4. The van der Waals surface area contributed by atoms with Gasteiger partial charge in [0.1, 0.15) is 5.65 Å². The van der Waals surface area contributed by atoms with Gasteiger partial charge in [0.2, 0.25) is 0 Å². The topological polar surface area (TPSA) is 104 Å². The number of carboxylic acids is 1. The Hall–Kier alpha value is -2.74. The third-order valence-electron chi connectivity index (χ3n) is 4.64. The van der Waals surface area contributed by atoms with Crippen LogP contribution in [0.15, 0.2) is 24.7 Å². The van der Waals surface area contributed by atoms with Crippen LogP contribution >= 0.6 is 11.6 Å². The molecule has 9 heteroatoms. The molecule has 2 atom stereocenters. The summed E-state index contributed by atoms with van der Waals surface area (Å²) in [6.07, 6.45) is 6.28. The van der Waals surface area contributed by atoms with Gasteiger partial charge in [-0.15, -0.1) is 0 Å². The molecule has 3 aromatic heterocycles. The van der Waals surface area contributed by atoms with E-state index in [0.717, 1.165) is 18.0 Å². The molecule has 0 radical (unpaired) electrons. The summed E-state index contributed by atoms with van der Waals surface area (Å²) in [4.78, 5) is 26.8. The number of nitrogens with one attached hydrogen (secondary N) is 2. The van der Waals surface area contributed by atoms with E-state index in [9.17, 15) is 14.3 Å². The number of aliphatic carboxylic acids is 1. The number of carboxylic acid groups (broad SMARTS) is 1. The summed E-state index contributed by atoms with van der Waals surface area (Å²) in [6.45, 7) is 0. The van der Waals surface area contributed by atoms with Gasteiger partial charge in [0.05, 0.1) is 17.1 Å². The van der Waals surface area contributed by atoms with Crippen LogP contribution in [0.4, 0.5) is 10.2 Å². The average Bonchev–Trinajstić information content (AvgIpc) is 3.23. The lowest BCUT2D eigenvalue weighted by Gasteiger charge is -2.18. The zero-order valence-electron chi connectivity index (χ0n) is 13.5. The monoisotopic (exact) mass is 375 g/mol. The van der Waals surface area contributed by atoms with Gasteiger partial charge in [0.25, 0.3) is 0 Å². The van der Waals surface area contributed by atoms with Crippen LogP contribution in [-0.4, -0.2) is 37.1 Å². The van der Waals surface area contributed by atoms with Crippen LogP contribution in [0.2, 0.25) is 5.02 Å². The quantitative estimate of drug-likeness (QED) is 0.645. The van der Waals surface area contributed by atoms with Crippen molar-refractivity contribution in [1.82, 2.24) is 19.9 Å². The van der Waals surface area contributed by atoms with E-state index < -0.39 is 17.7 Å². The third-order valence-corrected chi connectivity index (χ3v) is 4.84. The number of halogens is 2. The Morgan fingerprint density at radius 1 is 1.35 bits per heavy atom. The Morgan fingerprint density at radius 2 is 2.19 bits per heavy atom. The standard InChI is InChI=1S/C17H15ClFN5O2/c18-8-4-10-11(6-21-14(10)20-5-8)15-22-7-12(19)16(24-15)23-13-3-1-2-9(13)17(25)26/h4-7,9,13H,1-3H2,(H,20,21)(H,25,26)(H,22,23,24)/t9-,13+/m1/s1. The largest absolute Gasteiger partial charge is 0.481 e. The van der Waals surface area contributed by atoms with Crippen molar-refractivity contribution >= 4 is 34.4 Å². The number of nitrogens with zero attached hydrogens (tertiary/aromatic N) is 3. The molecule has 26 heavy (non-hydrogen) atoms. The Morgan fingerprint density at radius 3 is 3.00 bits per heavy atom. The summed E-state index contributed by atoms with van der Waals surface area (Å²) in [6, 6.07) is 1.37. The highest BCUT2D eigenvalue weighted by Crippen LogP contribution is 2.31. The van der Waals surface area contributed by atoms with Gasteiger partial charge in [-0.25, -0.2) is 19.3 Å². The van der Waals surface area contributed by atoms with Gasteiger partial charge in [-0.05, 0) is 18.9 Å². The molecule has 3 heterocycles. The van der Waals surface area contributed by atoms with E-state index >= 15 is 0 Å². The minimum atomic E-state index is -0.882. The predicted octanol–water partition coefficient (Wildman–Crippen LogP) is 3.48. The van der Waals surface area contributed by atoms with Crippen molar-refractivity contribution < 1.29 is 14.3 Å². The number of pyridine rings is 1. The number of hydrogen-bond donors (Lipinski definition) is 3. The Bertz CT molecular complexity index is 992. The fourth-order valence-corrected chi connectivity index (χ4v) is 3.52. The molecule has 1 fully saturated rings. The molecule has 0 saturated heterocycles. The predicted molar refractivity (Wildman–Crippen MR) is 94.5 cm³/mol.